The fraction of sp³-hybridized carbons (Fsp3) is 0.440. The predicted molar refractivity (Wildman–Crippen MR) is 143 cm³/mol. The Hall–Kier alpha value is -2.24. The molecule has 8 nitrogen and oxygen atoms in total. The summed E-state index contributed by atoms with van der Waals surface area (Å²) in [5, 5.41) is 0.513. The van der Waals surface area contributed by atoms with Gasteiger partial charge in [0.15, 0.2) is 15.0 Å². The topological polar surface area (TPSA) is 89.0 Å². The van der Waals surface area contributed by atoms with Crippen molar-refractivity contribution >= 4 is 54.0 Å². The molecule has 0 N–H and O–H groups in total. The number of morpholine rings is 1. The number of fused-ring (bicyclic) bond motifs is 1. The van der Waals surface area contributed by atoms with E-state index >= 15 is 0 Å². The number of hydrogen-bond acceptors (Lipinski definition) is 8. The molecule has 0 atom stereocenters. The second kappa shape index (κ2) is 11.4. The number of halogens is 1. The maximum atomic E-state index is 13.7. The van der Waals surface area contributed by atoms with Gasteiger partial charge in [0.1, 0.15) is 11.3 Å². The molecule has 11 heteroatoms. The molecule has 1 amide bonds. The number of sulfone groups is 1. The van der Waals surface area contributed by atoms with E-state index in [4.69, 9.17) is 26.1 Å². The first-order chi connectivity index (χ1) is 17.2. The number of ether oxygens (including phenoxy) is 2. The van der Waals surface area contributed by atoms with E-state index in [-0.39, 0.29) is 10.8 Å². The Labute approximate surface area is 220 Å². The summed E-state index contributed by atoms with van der Waals surface area (Å²) >= 11 is 7.76. The maximum absolute atomic E-state index is 13.7. The third-order valence-electron chi connectivity index (χ3n) is 6.15. The molecule has 0 unspecified atom stereocenters. The van der Waals surface area contributed by atoms with Gasteiger partial charge in [-0.25, -0.2) is 13.4 Å². The maximum Gasteiger partial charge on any atom is 0.260 e. The van der Waals surface area contributed by atoms with Crippen LogP contribution >= 0.6 is 22.9 Å². The highest BCUT2D eigenvalue weighted by Crippen LogP contribution is 2.39. The Morgan fingerprint density at radius 1 is 1.19 bits per heavy atom. The predicted octanol–water partition coefficient (Wildman–Crippen LogP) is 4.51. The van der Waals surface area contributed by atoms with Crippen LogP contribution in [0, 0.1) is 0 Å². The van der Waals surface area contributed by atoms with Gasteiger partial charge in [-0.1, -0.05) is 22.9 Å². The first-order valence-corrected chi connectivity index (χ1v) is 14.6. The van der Waals surface area contributed by atoms with Gasteiger partial charge in [0.2, 0.25) is 0 Å². The molecular formula is C25H30ClN3O5S2. The third kappa shape index (κ3) is 5.68. The van der Waals surface area contributed by atoms with Crippen LogP contribution in [0.25, 0.3) is 10.2 Å². The third-order valence-corrected chi connectivity index (χ3v) is 9.86. The molecular weight excluding hydrogens is 522 g/mol. The molecule has 36 heavy (non-hydrogen) atoms. The van der Waals surface area contributed by atoms with Crippen LogP contribution in [-0.2, 0) is 14.6 Å². The highest BCUT2D eigenvalue weighted by atomic mass is 35.5. The summed E-state index contributed by atoms with van der Waals surface area (Å²) in [5.74, 6) is 0.334. The van der Waals surface area contributed by atoms with Gasteiger partial charge in [0.25, 0.3) is 5.91 Å². The van der Waals surface area contributed by atoms with Gasteiger partial charge in [-0.05, 0) is 56.7 Å². The Balaban J connectivity index is 1.64. The standard InChI is InChI=1S/C25H30ClN3O5S2/c1-17(2)36(31,32)19-7-5-18(6-8-19)24(30)29(12-4-11-28-13-15-34-16-14-28)25-27-22-21(33-3)10-9-20(26)23(22)35-25/h5-10,17H,4,11-16H2,1-3H3. The molecule has 0 bridgehead atoms. The van der Waals surface area contributed by atoms with Gasteiger partial charge < -0.3 is 9.47 Å². The molecule has 3 aromatic rings. The second-order valence-electron chi connectivity index (χ2n) is 8.81. The van der Waals surface area contributed by atoms with Gasteiger partial charge in [-0.15, -0.1) is 0 Å². The van der Waals surface area contributed by atoms with Gasteiger partial charge in [0, 0.05) is 31.7 Å². The monoisotopic (exact) mass is 551 g/mol. The van der Waals surface area contributed by atoms with Crippen LogP contribution in [0.3, 0.4) is 0 Å². The van der Waals surface area contributed by atoms with E-state index in [1.54, 1.807) is 50.1 Å². The van der Waals surface area contributed by atoms with E-state index < -0.39 is 15.1 Å². The molecule has 2 aromatic carbocycles. The van der Waals surface area contributed by atoms with E-state index in [1.807, 2.05) is 0 Å². The smallest absolute Gasteiger partial charge is 0.260 e. The lowest BCUT2D eigenvalue weighted by Gasteiger charge is -2.27. The van der Waals surface area contributed by atoms with Crippen LogP contribution in [-0.4, -0.2) is 76.0 Å². The zero-order valence-corrected chi connectivity index (χ0v) is 23.0. The number of thiazole rings is 1. The summed E-state index contributed by atoms with van der Waals surface area (Å²) in [5.41, 5.74) is 0.996. The van der Waals surface area contributed by atoms with Gasteiger partial charge in [-0.3, -0.25) is 14.6 Å². The molecule has 1 saturated heterocycles. The van der Waals surface area contributed by atoms with Crippen molar-refractivity contribution in [2.75, 3.05) is 51.4 Å². The van der Waals surface area contributed by atoms with Crippen LogP contribution in [0.4, 0.5) is 5.13 Å². The van der Waals surface area contributed by atoms with Gasteiger partial charge in [0.05, 0.1) is 40.2 Å². The van der Waals surface area contributed by atoms with E-state index in [2.05, 4.69) is 4.90 Å². The minimum absolute atomic E-state index is 0.199. The molecule has 0 radical (unpaired) electrons. The zero-order chi connectivity index (χ0) is 25.9. The van der Waals surface area contributed by atoms with E-state index in [0.717, 1.165) is 30.8 Å². The molecule has 194 valence electrons. The van der Waals surface area contributed by atoms with Crippen LogP contribution in [0.5, 0.6) is 5.75 Å². The van der Waals surface area contributed by atoms with Crippen molar-refractivity contribution in [1.82, 2.24) is 9.88 Å². The molecule has 0 spiro atoms. The lowest BCUT2D eigenvalue weighted by molar-refractivity contribution is 0.0376. The summed E-state index contributed by atoms with van der Waals surface area (Å²) in [6, 6.07) is 9.62. The SMILES string of the molecule is COc1ccc(Cl)c2sc(N(CCCN3CCOCC3)C(=O)c3ccc(S(=O)(=O)C(C)C)cc3)nc12. The largest absolute Gasteiger partial charge is 0.494 e. The Morgan fingerprint density at radius 2 is 1.89 bits per heavy atom. The minimum Gasteiger partial charge on any atom is -0.494 e. The second-order valence-corrected chi connectivity index (χ2v) is 12.7. The van der Waals surface area contributed by atoms with Crippen molar-refractivity contribution in [2.45, 2.75) is 30.4 Å². The first kappa shape index (κ1) is 26.8. The fourth-order valence-electron chi connectivity index (χ4n) is 4.00. The summed E-state index contributed by atoms with van der Waals surface area (Å²) in [4.78, 5) is 22.6. The number of benzene rings is 2. The fourth-order valence-corrected chi connectivity index (χ4v) is 6.34. The van der Waals surface area contributed by atoms with Crippen LogP contribution in [0.1, 0.15) is 30.6 Å². The molecule has 2 heterocycles. The van der Waals surface area contributed by atoms with Crippen LogP contribution < -0.4 is 9.64 Å². The van der Waals surface area contributed by atoms with Gasteiger partial charge >= 0.3 is 0 Å². The van der Waals surface area contributed by atoms with E-state index in [1.165, 1.54) is 23.5 Å². The summed E-state index contributed by atoms with van der Waals surface area (Å²) in [6.45, 7) is 7.71. The molecule has 4 rings (SSSR count). The highest BCUT2D eigenvalue weighted by molar-refractivity contribution is 7.92. The van der Waals surface area contributed by atoms with Crippen molar-refractivity contribution in [2.24, 2.45) is 0 Å². The number of anilines is 1. The average Bonchev–Trinajstić information content (AvgIpc) is 3.33. The number of carbonyl (C=O) groups is 1. The molecule has 0 aliphatic carbocycles. The Morgan fingerprint density at radius 3 is 2.53 bits per heavy atom. The Bertz CT molecular complexity index is 1320. The lowest BCUT2D eigenvalue weighted by Crippen LogP contribution is -2.39. The summed E-state index contributed by atoms with van der Waals surface area (Å²) < 4.78 is 36.6. The first-order valence-electron chi connectivity index (χ1n) is 11.8. The van der Waals surface area contributed by atoms with Crippen LogP contribution in [0.15, 0.2) is 41.3 Å². The number of aromatic nitrogens is 1. The van der Waals surface area contributed by atoms with Crippen LogP contribution in [0.2, 0.25) is 5.02 Å². The van der Waals surface area contributed by atoms with Crippen molar-refractivity contribution in [3.8, 4) is 5.75 Å². The molecule has 1 aromatic heterocycles. The quantitative estimate of drug-likeness (QED) is 0.386. The molecule has 0 saturated carbocycles. The highest BCUT2D eigenvalue weighted by Gasteiger charge is 2.25. The normalized spacial score (nSPS) is 14.9. The zero-order valence-electron chi connectivity index (χ0n) is 20.6. The number of hydrogen-bond donors (Lipinski definition) is 0. The molecule has 1 aliphatic rings. The van der Waals surface area contributed by atoms with E-state index in [9.17, 15) is 13.2 Å². The number of carbonyl (C=O) groups excluding carboxylic acids is 1. The van der Waals surface area contributed by atoms with Crippen molar-refractivity contribution in [3.63, 3.8) is 0 Å². The number of methoxy groups -OCH3 is 1. The van der Waals surface area contributed by atoms with Gasteiger partial charge in [-0.2, -0.15) is 0 Å². The number of rotatable bonds is 9. The minimum atomic E-state index is -3.43. The van der Waals surface area contributed by atoms with Crippen molar-refractivity contribution in [3.05, 3.63) is 47.0 Å². The summed E-state index contributed by atoms with van der Waals surface area (Å²) in [6.07, 6.45) is 0.742. The van der Waals surface area contributed by atoms with Crippen molar-refractivity contribution < 1.29 is 22.7 Å². The number of nitrogens with zero attached hydrogens (tertiary/aromatic N) is 3. The Kier molecular flexibility index (Phi) is 8.52. The lowest BCUT2D eigenvalue weighted by atomic mass is 10.2. The summed E-state index contributed by atoms with van der Waals surface area (Å²) in [7, 11) is -1.86. The molecule has 1 fully saturated rings. The average molecular weight is 552 g/mol. The number of amides is 1. The van der Waals surface area contributed by atoms with Crippen molar-refractivity contribution in [1.29, 1.82) is 0 Å². The van der Waals surface area contributed by atoms with E-state index in [0.29, 0.717) is 46.7 Å². The molecule has 1 aliphatic heterocycles.